The van der Waals surface area contributed by atoms with Crippen molar-refractivity contribution < 1.29 is 4.79 Å². The maximum absolute atomic E-state index is 12.9. The predicted octanol–water partition coefficient (Wildman–Crippen LogP) is 6.78. The van der Waals surface area contributed by atoms with Crippen LogP contribution in [0.3, 0.4) is 0 Å². The summed E-state index contributed by atoms with van der Waals surface area (Å²) in [5.74, 6) is 0.803. The lowest BCUT2D eigenvalue weighted by Crippen LogP contribution is -2.30. The zero-order valence-electron chi connectivity index (χ0n) is 18.7. The molecule has 0 heterocycles. The van der Waals surface area contributed by atoms with E-state index >= 15 is 0 Å². The van der Waals surface area contributed by atoms with E-state index in [1.54, 1.807) is 0 Å². The van der Waals surface area contributed by atoms with Crippen molar-refractivity contribution in [2.45, 2.75) is 59.8 Å². The molecule has 4 heteroatoms. The maximum Gasteiger partial charge on any atom is 0.226 e. The van der Waals surface area contributed by atoms with Crippen LogP contribution in [0.2, 0.25) is 0 Å². The normalized spacial score (nSPS) is 11.2. The average Bonchev–Trinajstić information content (AvgIpc) is 2.64. The van der Waals surface area contributed by atoms with E-state index in [2.05, 4.69) is 104 Å². The molecule has 0 spiro atoms. The molecule has 2 aromatic carbocycles. The van der Waals surface area contributed by atoms with Crippen LogP contribution in [-0.2, 0) is 4.79 Å². The monoisotopic (exact) mass is 458 g/mol. The van der Waals surface area contributed by atoms with Gasteiger partial charge >= 0.3 is 0 Å². The molecule has 158 valence electrons. The van der Waals surface area contributed by atoms with Crippen LogP contribution in [0.25, 0.3) is 0 Å². The van der Waals surface area contributed by atoms with Crippen molar-refractivity contribution in [3.05, 3.63) is 58.7 Å². The molecule has 0 unspecified atom stereocenters. The van der Waals surface area contributed by atoms with Crippen molar-refractivity contribution in [2.75, 3.05) is 28.6 Å². The van der Waals surface area contributed by atoms with E-state index in [4.69, 9.17) is 0 Å². The molecule has 2 aromatic rings. The number of para-hydroxylation sites is 1. The lowest BCUT2D eigenvalue weighted by molar-refractivity contribution is -0.116. The van der Waals surface area contributed by atoms with Crippen LogP contribution >= 0.6 is 15.9 Å². The predicted molar refractivity (Wildman–Crippen MR) is 130 cm³/mol. The van der Waals surface area contributed by atoms with Gasteiger partial charge in [-0.3, -0.25) is 4.79 Å². The second-order valence-electron chi connectivity index (χ2n) is 8.44. The molecule has 3 nitrogen and oxygen atoms in total. The molecule has 2 rings (SSSR count). The van der Waals surface area contributed by atoms with Crippen molar-refractivity contribution in [3.8, 4) is 0 Å². The van der Waals surface area contributed by atoms with Gasteiger partial charge in [-0.05, 0) is 60.1 Å². The number of carbonyl (C=O) groups is 1. The number of anilines is 2. The highest BCUT2D eigenvalue weighted by molar-refractivity contribution is 9.09. The van der Waals surface area contributed by atoms with Crippen molar-refractivity contribution in [1.82, 2.24) is 0 Å². The molecule has 0 saturated heterocycles. The number of hydrogen-bond donors (Lipinski definition) is 1. The summed E-state index contributed by atoms with van der Waals surface area (Å²) in [5, 5.41) is 4.11. The Hall–Kier alpha value is -1.81. The smallest absolute Gasteiger partial charge is 0.226 e. The SMILES string of the molecule is Cc1cc(C)cc(N(CCBr)CCC(=O)Nc2c(C(C)C)cccc2C(C)C)c1. The van der Waals surface area contributed by atoms with Crippen LogP contribution in [0.1, 0.15) is 68.2 Å². The van der Waals surface area contributed by atoms with Gasteiger partial charge < -0.3 is 10.2 Å². The molecule has 1 amide bonds. The second kappa shape index (κ2) is 10.8. The summed E-state index contributed by atoms with van der Waals surface area (Å²) in [6.07, 6.45) is 0.462. The molecule has 0 atom stereocenters. The Morgan fingerprint density at radius 2 is 1.52 bits per heavy atom. The van der Waals surface area contributed by atoms with Gasteiger partial charge in [0.25, 0.3) is 0 Å². The fourth-order valence-electron chi connectivity index (χ4n) is 3.74. The van der Waals surface area contributed by atoms with Gasteiger partial charge in [-0.1, -0.05) is 67.9 Å². The molecule has 1 N–H and O–H groups in total. The molecule has 0 aliphatic heterocycles. The molecule has 0 aliphatic carbocycles. The van der Waals surface area contributed by atoms with E-state index in [0.717, 1.165) is 17.6 Å². The summed E-state index contributed by atoms with van der Waals surface area (Å²) >= 11 is 3.55. The van der Waals surface area contributed by atoms with E-state index in [1.165, 1.54) is 27.9 Å². The van der Waals surface area contributed by atoms with Crippen LogP contribution in [0, 0.1) is 13.8 Å². The Labute approximate surface area is 185 Å². The number of benzene rings is 2. The summed E-state index contributed by atoms with van der Waals surface area (Å²) in [7, 11) is 0. The molecular formula is C25H35BrN2O. The van der Waals surface area contributed by atoms with Crippen molar-refractivity contribution >= 4 is 33.2 Å². The van der Waals surface area contributed by atoms with Crippen LogP contribution in [0.15, 0.2) is 36.4 Å². The average molecular weight is 459 g/mol. The number of carbonyl (C=O) groups excluding carboxylic acids is 1. The first-order valence-electron chi connectivity index (χ1n) is 10.5. The fraction of sp³-hybridized carbons (Fsp3) is 0.480. The minimum absolute atomic E-state index is 0.0731. The fourth-order valence-corrected chi connectivity index (χ4v) is 4.17. The third kappa shape index (κ3) is 6.60. The number of nitrogens with one attached hydrogen (secondary N) is 1. The Balaban J connectivity index is 2.16. The van der Waals surface area contributed by atoms with E-state index < -0.39 is 0 Å². The first kappa shape index (κ1) is 23.5. The minimum atomic E-state index is 0.0731. The number of halogens is 1. The lowest BCUT2D eigenvalue weighted by Gasteiger charge is -2.25. The molecule has 0 aliphatic rings. The van der Waals surface area contributed by atoms with Gasteiger partial charge in [0.1, 0.15) is 0 Å². The standard InChI is InChI=1S/C25H35BrN2O/c1-17(2)22-8-7-9-23(18(3)4)25(22)27-24(29)10-12-28(13-11-26)21-15-19(5)14-20(6)16-21/h7-9,14-18H,10-13H2,1-6H3,(H,27,29). The first-order chi connectivity index (χ1) is 13.7. The molecule has 0 bridgehead atoms. The van der Waals surface area contributed by atoms with E-state index in [1.807, 2.05) is 0 Å². The summed E-state index contributed by atoms with van der Waals surface area (Å²) in [6.45, 7) is 14.5. The van der Waals surface area contributed by atoms with Gasteiger partial charge in [-0.15, -0.1) is 0 Å². The molecule has 0 saturated carbocycles. The van der Waals surface area contributed by atoms with Crippen LogP contribution < -0.4 is 10.2 Å². The van der Waals surface area contributed by atoms with Crippen LogP contribution in [0.5, 0.6) is 0 Å². The molecule has 0 radical (unpaired) electrons. The third-order valence-corrected chi connectivity index (χ3v) is 5.53. The number of alkyl halides is 1. The largest absolute Gasteiger partial charge is 0.370 e. The van der Waals surface area contributed by atoms with E-state index in [0.29, 0.717) is 24.8 Å². The highest BCUT2D eigenvalue weighted by atomic mass is 79.9. The summed E-state index contributed by atoms with van der Waals surface area (Å²) < 4.78 is 0. The highest BCUT2D eigenvalue weighted by Crippen LogP contribution is 2.32. The summed E-state index contributed by atoms with van der Waals surface area (Å²) in [5.41, 5.74) is 7.08. The van der Waals surface area contributed by atoms with Crippen LogP contribution in [-0.4, -0.2) is 24.3 Å². The number of nitrogens with zero attached hydrogens (tertiary/aromatic N) is 1. The summed E-state index contributed by atoms with van der Waals surface area (Å²) in [6, 6.07) is 12.9. The Morgan fingerprint density at radius 3 is 2.00 bits per heavy atom. The van der Waals surface area contributed by atoms with Crippen LogP contribution in [0.4, 0.5) is 11.4 Å². The minimum Gasteiger partial charge on any atom is -0.370 e. The molecule has 0 fully saturated rings. The van der Waals surface area contributed by atoms with Gasteiger partial charge in [0.2, 0.25) is 5.91 Å². The Bertz CT molecular complexity index is 783. The number of aryl methyl sites for hydroxylation is 2. The first-order valence-corrected chi connectivity index (χ1v) is 11.7. The van der Waals surface area contributed by atoms with Crippen molar-refractivity contribution in [3.63, 3.8) is 0 Å². The van der Waals surface area contributed by atoms with Crippen molar-refractivity contribution in [1.29, 1.82) is 0 Å². The second-order valence-corrected chi connectivity index (χ2v) is 9.23. The van der Waals surface area contributed by atoms with Gasteiger partial charge in [-0.25, -0.2) is 0 Å². The zero-order valence-corrected chi connectivity index (χ0v) is 20.3. The number of hydrogen-bond acceptors (Lipinski definition) is 2. The summed E-state index contributed by atoms with van der Waals surface area (Å²) in [4.78, 5) is 15.2. The Morgan fingerprint density at radius 1 is 0.966 bits per heavy atom. The molecular weight excluding hydrogens is 424 g/mol. The maximum atomic E-state index is 12.9. The number of amides is 1. The van der Waals surface area contributed by atoms with Gasteiger partial charge in [0, 0.05) is 36.2 Å². The third-order valence-electron chi connectivity index (χ3n) is 5.17. The van der Waals surface area contributed by atoms with Gasteiger partial charge in [-0.2, -0.15) is 0 Å². The topological polar surface area (TPSA) is 32.3 Å². The van der Waals surface area contributed by atoms with E-state index in [-0.39, 0.29) is 5.91 Å². The van der Waals surface area contributed by atoms with Gasteiger partial charge in [0.05, 0.1) is 0 Å². The Kier molecular flexibility index (Phi) is 8.76. The quantitative estimate of drug-likeness (QED) is 0.419. The number of rotatable bonds is 9. The van der Waals surface area contributed by atoms with E-state index in [9.17, 15) is 4.79 Å². The molecule has 29 heavy (non-hydrogen) atoms. The zero-order chi connectivity index (χ0) is 21.6. The van der Waals surface area contributed by atoms with Gasteiger partial charge in [0.15, 0.2) is 0 Å². The highest BCUT2D eigenvalue weighted by Gasteiger charge is 2.17. The van der Waals surface area contributed by atoms with Crippen molar-refractivity contribution in [2.24, 2.45) is 0 Å². The lowest BCUT2D eigenvalue weighted by atomic mass is 9.92. The molecule has 0 aromatic heterocycles.